The predicted molar refractivity (Wildman–Crippen MR) is 89.8 cm³/mol. The fraction of sp³-hybridized carbons (Fsp3) is 0.684. The summed E-state index contributed by atoms with van der Waals surface area (Å²) in [6.07, 6.45) is 9.97. The van der Waals surface area contributed by atoms with Gasteiger partial charge in [-0.25, -0.2) is 0 Å². The second-order valence-electron chi connectivity index (χ2n) is 6.61. The Hall–Kier alpha value is -1.02. The van der Waals surface area contributed by atoms with E-state index in [1.807, 2.05) is 0 Å². The zero-order valence-corrected chi connectivity index (χ0v) is 13.9. The fourth-order valence-electron chi connectivity index (χ4n) is 3.52. The smallest absolute Gasteiger partial charge is 0.119 e. The highest BCUT2D eigenvalue weighted by Crippen LogP contribution is 2.33. The molecule has 2 nitrogen and oxygen atoms in total. The molecule has 0 bridgehead atoms. The van der Waals surface area contributed by atoms with Gasteiger partial charge in [-0.2, -0.15) is 0 Å². The van der Waals surface area contributed by atoms with Gasteiger partial charge in [-0.15, -0.1) is 0 Å². The van der Waals surface area contributed by atoms with Crippen molar-refractivity contribution in [3.8, 4) is 5.75 Å². The normalized spacial score (nSPS) is 19.0. The molecule has 1 unspecified atom stereocenters. The number of ether oxygens (including phenoxy) is 1. The standard InChI is InChI=1S/C19H31NO/c1-15(2)21-18-13-11-17(12-14-18)19(20-3)16-9-7-5-4-6-8-10-16/h11-16,19-20H,4-10H2,1-3H3. The van der Waals surface area contributed by atoms with Gasteiger partial charge in [-0.1, -0.05) is 44.2 Å². The van der Waals surface area contributed by atoms with Crippen molar-refractivity contribution in [1.29, 1.82) is 0 Å². The monoisotopic (exact) mass is 289 g/mol. The van der Waals surface area contributed by atoms with Crippen LogP contribution in [0, 0.1) is 5.92 Å². The maximum absolute atomic E-state index is 5.74. The lowest BCUT2D eigenvalue weighted by Gasteiger charge is -2.29. The van der Waals surface area contributed by atoms with Crippen LogP contribution in [0.5, 0.6) is 5.75 Å². The van der Waals surface area contributed by atoms with E-state index < -0.39 is 0 Å². The van der Waals surface area contributed by atoms with Gasteiger partial charge in [0, 0.05) is 6.04 Å². The zero-order valence-electron chi connectivity index (χ0n) is 13.9. The van der Waals surface area contributed by atoms with Crippen molar-refractivity contribution in [1.82, 2.24) is 5.32 Å². The number of hydrogen-bond donors (Lipinski definition) is 1. The Morgan fingerprint density at radius 1 is 0.952 bits per heavy atom. The average Bonchev–Trinajstić information content (AvgIpc) is 2.42. The molecule has 0 heterocycles. The molecule has 1 saturated carbocycles. The first-order valence-corrected chi connectivity index (χ1v) is 8.64. The molecule has 1 fully saturated rings. The van der Waals surface area contributed by atoms with E-state index in [4.69, 9.17) is 4.74 Å². The third-order valence-corrected chi connectivity index (χ3v) is 4.54. The SMILES string of the molecule is CNC(c1ccc(OC(C)C)cc1)C1CCCCCCC1. The van der Waals surface area contributed by atoms with Crippen LogP contribution in [0.1, 0.15) is 70.4 Å². The van der Waals surface area contributed by atoms with Crippen LogP contribution >= 0.6 is 0 Å². The first kappa shape index (κ1) is 16.4. The molecule has 2 heteroatoms. The highest BCUT2D eigenvalue weighted by Gasteiger charge is 2.22. The van der Waals surface area contributed by atoms with E-state index >= 15 is 0 Å². The molecule has 0 radical (unpaired) electrons. The van der Waals surface area contributed by atoms with Crippen LogP contribution in [-0.4, -0.2) is 13.2 Å². The summed E-state index contributed by atoms with van der Waals surface area (Å²) in [6, 6.07) is 9.18. The molecule has 1 N–H and O–H groups in total. The molecule has 0 amide bonds. The maximum atomic E-state index is 5.74. The van der Waals surface area contributed by atoms with Gasteiger partial charge < -0.3 is 10.1 Å². The lowest BCUT2D eigenvalue weighted by Crippen LogP contribution is -2.26. The van der Waals surface area contributed by atoms with E-state index in [0.29, 0.717) is 6.04 Å². The highest BCUT2D eigenvalue weighted by molar-refractivity contribution is 5.29. The summed E-state index contributed by atoms with van der Waals surface area (Å²) in [5, 5.41) is 3.56. The summed E-state index contributed by atoms with van der Waals surface area (Å²) in [4.78, 5) is 0. The van der Waals surface area contributed by atoms with Gasteiger partial charge in [0.1, 0.15) is 5.75 Å². The molecule has 0 spiro atoms. The van der Waals surface area contributed by atoms with Crippen LogP contribution in [0.4, 0.5) is 0 Å². The van der Waals surface area contributed by atoms with Crippen LogP contribution < -0.4 is 10.1 Å². The van der Waals surface area contributed by atoms with Crippen LogP contribution in [0.2, 0.25) is 0 Å². The highest BCUT2D eigenvalue weighted by atomic mass is 16.5. The Bertz CT molecular complexity index is 391. The zero-order chi connectivity index (χ0) is 15.1. The largest absolute Gasteiger partial charge is 0.491 e. The average molecular weight is 289 g/mol. The first-order chi connectivity index (χ1) is 10.2. The van der Waals surface area contributed by atoms with Crippen LogP contribution in [0.25, 0.3) is 0 Å². The van der Waals surface area contributed by atoms with Crippen molar-refractivity contribution in [2.24, 2.45) is 5.92 Å². The van der Waals surface area contributed by atoms with Crippen molar-refractivity contribution >= 4 is 0 Å². The molecule has 2 rings (SSSR count). The van der Waals surface area contributed by atoms with E-state index in [1.165, 1.54) is 50.5 Å². The van der Waals surface area contributed by atoms with Crippen molar-refractivity contribution in [2.75, 3.05) is 7.05 Å². The molecule has 21 heavy (non-hydrogen) atoms. The minimum Gasteiger partial charge on any atom is -0.491 e. The molecular formula is C19H31NO. The summed E-state index contributed by atoms with van der Waals surface area (Å²) in [5.41, 5.74) is 1.40. The number of nitrogens with one attached hydrogen (secondary N) is 1. The Morgan fingerprint density at radius 2 is 1.52 bits per heavy atom. The molecular weight excluding hydrogens is 258 g/mol. The van der Waals surface area contributed by atoms with Crippen LogP contribution in [-0.2, 0) is 0 Å². The molecule has 1 atom stereocenters. The minimum absolute atomic E-state index is 0.238. The van der Waals surface area contributed by atoms with Gasteiger partial charge in [0.2, 0.25) is 0 Å². The Kier molecular flexibility index (Phi) is 6.56. The van der Waals surface area contributed by atoms with E-state index in [0.717, 1.165) is 11.7 Å². The van der Waals surface area contributed by atoms with Gasteiger partial charge in [-0.3, -0.25) is 0 Å². The second-order valence-corrected chi connectivity index (χ2v) is 6.61. The summed E-state index contributed by atoms with van der Waals surface area (Å²) in [5.74, 6) is 1.74. The third-order valence-electron chi connectivity index (χ3n) is 4.54. The molecule has 1 aromatic carbocycles. The number of benzene rings is 1. The molecule has 118 valence electrons. The molecule has 0 saturated heterocycles. The van der Waals surface area contributed by atoms with Crippen molar-refractivity contribution < 1.29 is 4.74 Å². The second kappa shape index (κ2) is 8.43. The Morgan fingerprint density at radius 3 is 2.05 bits per heavy atom. The molecule has 0 aromatic heterocycles. The van der Waals surface area contributed by atoms with Gasteiger partial charge in [0.15, 0.2) is 0 Å². The van der Waals surface area contributed by atoms with Gasteiger partial charge in [0.05, 0.1) is 6.10 Å². The van der Waals surface area contributed by atoms with Crippen molar-refractivity contribution in [3.63, 3.8) is 0 Å². The van der Waals surface area contributed by atoms with Crippen LogP contribution in [0.3, 0.4) is 0 Å². The Labute approximate surface area is 130 Å². The first-order valence-electron chi connectivity index (χ1n) is 8.64. The molecule has 1 aromatic rings. The number of hydrogen-bond acceptors (Lipinski definition) is 2. The predicted octanol–water partition coefficient (Wildman–Crippen LogP) is 5.09. The third kappa shape index (κ3) is 5.03. The van der Waals surface area contributed by atoms with E-state index in [1.54, 1.807) is 0 Å². The van der Waals surface area contributed by atoms with Gasteiger partial charge in [-0.05, 0) is 57.4 Å². The molecule has 1 aliphatic rings. The summed E-state index contributed by atoms with van der Waals surface area (Å²) in [6.45, 7) is 4.14. The number of rotatable bonds is 5. The quantitative estimate of drug-likeness (QED) is 0.814. The van der Waals surface area contributed by atoms with Crippen LogP contribution in [0.15, 0.2) is 24.3 Å². The molecule has 0 aliphatic heterocycles. The topological polar surface area (TPSA) is 21.3 Å². The van der Waals surface area contributed by atoms with Gasteiger partial charge >= 0.3 is 0 Å². The van der Waals surface area contributed by atoms with E-state index in [2.05, 4.69) is 50.5 Å². The molecule has 1 aliphatic carbocycles. The summed E-state index contributed by atoms with van der Waals surface area (Å²) in [7, 11) is 2.10. The maximum Gasteiger partial charge on any atom is 0.119 e. The minimum atomic E-state index is 0.238. The van der Waals surface area contributed by atoms with Crippen molar-refractivity contribution in [2.45, 2.75) is 70.9 Å². The van der Waals surface area contributed by atoms with Gasteiger partial charge in [0.25, 0.3) is 0 Å². The lowest BCUT2D eigenvalue weighted by molar-refractivity contribution is 0.242. The lowest BCUT2D eigenvalue weighted by atomic mass is 9.83. The van der Waals surface area contributed by atoms with E-state index in [-0.39, 0.29) is 6.10 Å². The van der Waals surface area contributed by atoms with E-state index in [9.17, 15) is 0 Å². The fourth-order valence-corrected chi connectivity index (χ4v) is 3.52. The summed E-state index contributed by atoms with van der Waals surface area (Å²) < 4.78 is 5.74. The van der Waals surface area contributed by atoms with Crippen molar-refractivity contribution in [3.05, 3.63) is 29.8 Å². The Balaban J connectivity index is 2.04. The summed E-state index contributed by atoms with van der Waals surface area (Å²) >= 11 is 0.